The molecule has 0 saturated heterocycles. The summed E-state index contributed by atoms with van der Waals surface area (Å²) >= 11 is 3.42. The Morgan fingerprint density at radius 1 is 1.22 bits per heavy atom. The molecule has 2 N–H and O–H groups in total. The van der Waals surface area contributed by atoms with Crippen LogP contribution in [0.4, 0.5) is 0 Å². The standard InChI is InChI=1S/C13H10BrN3O/c14-12-3-1-9(11-6-16-8-17-7-11)5-10(12)2-4-13(15)18/h1-8H,(H2,15,18)/b4-2+. The topological polar surface area (TPSA) is 68.9 Å². The SMILES string of the molecule is NC(=O)/C=C/c1cc(-c2cncnc2)ccc1Br. The number of primary amides is 1. The molecule has 0 aliphatic rings. The molecular formula is C13H10BrN3O. The van der Waals surface area contributed by atoms with E-state index in [4.69, 9.17) is 5.73 Å². The Morgan fingerprint density at radius 3 is 2.61 bits per heavy atom. The summed E-state index contributed by atoms with van der Waals surface area (Å²) in [5.41, 5.74) is 7.84. The maximum absolute atomic E-state index is 10.7. The van der Waals surface area contributed by atoms with Crippen molar-refractivity contribution in [3.05, 3.63) is 53.0 Å². The van der Waals surface area contributed by atoms with Gasteiger partial charge in [-0.3, -0.25) is 4.79 Å². The number of halogens is 1. The summed E-state index contributed by atoms with van der Waals surface area (Å²) in [6.07, 6.45) is 7.94. The number of amides is 1. The minimum absolute atomic E-state index is 0.477. The smallest absolute Gasteiger partial charge is 0.241 e. The molecule has 0 bridgehead atoms. The average molecular weight is 304 g/mol. The number of benzene rings is 1. The number of hydrogen-bond donors (Lipinski definition) is 1. The van der Waals surface area contributed by atoms with Crippen molar-refractivity contribution in [1.29, 1.82) is 0 Å². The van der Waals surface area contributed by atoms with Crippen LogP contribution in [0.15, 0.2) is 47.5 Å². The van der Waals surface area contributed by atoms with Crippen LogP contribution in [-0.2, 0) is 4.79 Å². The van der Waals surface area contributed by atoms with E-state index in [0.717, 1.165) is 21.2 Å². The molecule has 0 aliphatic heterocycles. The number of rotatable bonds is 3. The van der Waals surface area contributed by atoms with Gasteiger partial charge in [-0.25, -0.2) is 9.97 Å². The Balaban J connectivity index is 2.41. The zero-order chi connectivity index (χ0) is 13.0. The maximum Gasteiger partial charge on any atom is 0.241 e. The molecule has 90 valence electrons. The largest absolute Gasteiger partial charge is 0.366 e. The second-order valence-electron chi connectivity index (χ2n) is 3.60. The third-order valence-electron chi connectivity index (χ3n) is 2.32. The van der Waals surface area contributed by atoms with Crippen LogP contribution in [0.3, 0.4) is 0 Å². The van der Waals surface area contributed by atoms with Crippen molar-refractivity contribution in [2.24, 2.45) is 5.73 Å². The molecule has 0 fully saturated rings. The van der Waals surface area contributed by atoms with E-state index in [1.54, 1.807) is 18.5 Å². The van der Waals surface area contributed by atoms with Crippen molar-refractivity contribution in [1.82, 2.24) is 9.97 Å². The Hall–Kier alpha value is -2.01. The molecule has 1 heterocycles. The molecule has 18 heavy (non-hydrogen) atoms. The second kappa shape index (κ2) is 5.55. The molecule has 4 nitrogen and oxygen atoms in total. The van der Waals surface area contributed by atoms with Crippen LogP contribution < -0.4 is 5.73 Å². The van der Waals surface area contributed by atoms with Crippen molar-refractivity contribution in [2.45, 2.75) is 0 Å². The molecule has 2 rings (SSSR count). The number of aromatic nitrogens is 2. The lowest BCUT2D eigenvalue weighted by atomic mass is 10.1. The maximum atomic E-state index is 10.7. The van der Waals surface area contributed by atoms with E-state index in [1.165, 1.54) is 12.4 Å². The first-order chi connectivity index (χ1) is 8.66. The van der Waals surface area contributed by atoms with E-state index >= 15 is 0 Å². The molecule has 5 heteroatoms. The first kappa shape index (κ1) is 12.4. The number of nitrogens with two attached hydrogens (primary N) is 1. The van der Waals surface area contributed by atoms with Gasteiger partial charge in [0.15, 0.2) is 0 Å². The molecule has 0 unspecified atom stereocenters. The van der Waals surface area contributed by atoms with Crippen LogP contribution in [0, 0.1) is 0 Å². The minimum Gasteiger partial charge on any atom is -0.366 e. The van der Waals surface area contributed by atoms with Gasteiger partial charge in [-0.2, -0.15) is 0 Å². The highest BCUT2D eigenvalue weighted by Crippen LogP contribution is 2.25. The Kier molecular flexibility index (Phi) is 3.84. The Morgan fingerprint density at radius 2 is 1.94 bits per heavy atom. The van der Waals surface area contributed by atoms with Gasteiger partial charge < -0.3 is 5.73 Å². The summed E-state index contributed by atoms with van der Waals surface area (Å²) in [6, 6.07) is 5.79. The van der Waals surface area contributed by atoms with Gasteiger partial charge in [0.1, 0.15) is 6.33 Å². The van der Waals surface area contributed by atoms with Crippen molar-refractivity contribution < 1.29 is 4.79 Å². The first-order valence-corrected chi connectivity index (χ1v) is 5.98. The summed E-state index contributed by atoms with van der Waals surface area (Å²) in [7, 11) is 0. The fourth-order valence-electron chi connectivity index (χ4n) is 1.47. The van der Waals surface area contributed by atoms with Crippen molar-refractivity contribution in [3.63, 3.8) is 0 Å². The van der Waals surface area contributed by atoms with Crippen molar-refractivity contribution in [3.8, 4) is 11.1 Å². The number of carbonyl (C=O) groups is 1. The Labute approximate surface area is 113 Å². The zero-order valence-electron chi connectivity index (χ0n) is 9.38. The van der Waals surface area contributed by atoms with Gasteiger partial charge in [0.05, 0.1) is 0 Å². The normalized spacial score (nSPS) is 10.7. The molecule has 0 aliphatic carbocycles. The van der Waals surface area contributed by atoms with Crippen LogP contribution in [0.5, 0.6) is 0 Å². The summed E-state index contributed by atoms with van der Waals surface area (Å²) in [6.45, 7) is 0. The highest BCUT2D eigenvalue weighted by molar-refractivity contribution is 9.10. The lowest BCUT2D eigenvalue weighted by Crippen LogP contribution is -2.05. The quantitative estimate of drug-likeness (QED) is 0.885. The van der Waals surface area contributed by atoms with Gasteiger partial charge in [0.2, 0.25) is 5.91 Å². The molecule has 0 saturated carbocycles. The number of hydrogen-bond acceptors (Lipinski definition) is 3. The predicted octanol–water partition coefficient (Wildman–Crippen LogP) is 2.40. The minimum atomic E-state index is -0.477. The summed E-state index contributed by atoms with van der Waals surface area (Å²) in [5, 5.41) is 0. The third-order valence-corrected chi connectivity index (χ3v) is 3.04. The lowest BCUT2D eigenvalue weighted by Gasteiger charge is -2.04. The van der Waals surface area contributed by atoms with Gasteiger partial charge in [0, 0.05) is 28.5 Å². The number of nitrogens with zero attached hydrogens (tertiary/aromatic N) is 2. The molecule has 1 aromatic heterocycles. The number of carbonyl (C=O) groups excluding carboxylic acids is 1. The molecule has 0 radical (unpaired) electrons. The summed E-state index contributed by atoms with van der Waals surface area (Å²) < 4.78 is 0.889. The van der Waals surface area contributed by atoms with E-state index in [0.29, 0.717) is 0 Å². The first-order valence-electron chi connectivity index (χ1n) is 5.19. The fraction of sp³-hybridized carbons (Fsp3) is 0. The van der Waals surface area contributed by atoms with Crippen LogP contribution in [0.2, 0.25) is 0 Å². The molecular weight excluding hydrogens is 294 g/mol. The van der Waals surface area contributed by atoms with Crippen LogP contribution in [-0.4, -0.2) is 15.9 Å². The fourth-order valence-corrected chi connectivity index (χ4v) is 1.85. The van der Waals surface area contributed by atoms with Crippen LogP contribution in [0.1, 0.15) is 5.56 Å². The lowest BCUT2D eigenvalue weighted by molar-refractivity contribution is -0.113. The third kappa shape index (κ3) is 3.01. The molecule has 0 atom stereocenters. The average Bonchev–Trinajstić information content (AvgIpc) is 2.38. The van der Waals surface area contributed by atoms with E-state index in [1.807, 2.05) is 18.2 Å². The monoisotopic (exact) mass is 303 g/mol. The second-order valence-corrected chi connectivity index (χ2v) is 4.45. The Bertz CT molecular complexity index is 596. The van der Waals surface area contributed by atoms with Crippen LogP contribution in [0.25, 0.3) is 17.2 Å². The van der Waals surface area contributed by atoms with E-state index in [-0.39, 0.29) is 0 Å². The van der Waals surface area contributed by atoms with Crippen molar-refractivity contribution in [2.75, 3.05) is 0 Å². The summed E-state index contributed by atoms with van der Waals surface area (Å²) in [4.78, 5) is 18.7. The predicted molar refractivity (Wildman–Crippen MR) is 73.4 cm³/mol. The molecule has 0 spiro atoms. The van der Waals surface area contributed by atoms with Gasteiger partial charge in [-0.15, -0.1) is 0 Å². The van der Waals surface area contributed by atoms with E-state index in [9.17, 15) is 4.79 Å². The molecule has 1 aromatic carbocycles. The van der Waals surface area contributed by atoms with Gasteiger partial charge in [-0.1, -0.05) is 22.0 Å². The highest BCUT2D eigenvalue weighted by atomic mass is 79.9. The summed E-state index contributed by atoms with van der Waals surface area (Å²) in [5.74, 6) is -0.477. The van der Waals surface area contributed by atoms with Crippen molar-refractivity contribution >= 4 is 27.9 Å². The van der Waals surface area contributed by atoms with E-state index < -0.39 is 5.91 Å². The van der Waals surface area contributed by atoms with Gasteiger partial charge in [0.25, 0.3) is 0 Å². The molecule has 2 aromatic rings. The van der Waals surface area contributed by atoms with Gasteiger partial charge in [-0.05, 0) is 29.3 Å². The van der Waals surface area contributed by atoms with Crippen LogP contribution >= 0.6 is 15.9 Å². The van der Waals surface area contributed by atoms with E-state index in [2.05, 4.69) is 25.9 Å². The molecule has 1 amide bonds. The highest BCUT2D eigenvalue weighted by Gasteiger charge is 2.02. The van der Waals surface area contributed by atoms with Gasteiger partial charge >= 0.3 is 0 Å². The zero-order valence-corrected chi connectivity index (χ0v) is 11.0.